The van der Waals surface area contributed by atoms with Crippen LogP contribution in [0.15, 0.2) is 30.3 Å². The molecule has 22 heavy (non-hydrogen) atoms. The molecular formula is C17H18FN3O. The topological polar surface area (TPSA) is 42.9 Å². The Hall–Kier alpha value is -2.58. The predicted molar refractivity (Wildman–Crippen MR) is 85.7 cm³/mol. The van der Waals surface area contributed by atoms with E-state index in [1.165, 1.54) is 6.07 Å². The molecule has 2 N–H and O–H groups in total. The third-order valence-corrected chi connectivity index (χ3v) is 3.26. The molecular weight excluding hydrogens is 281 g/mol. The van der Waals surface area contributed by atoms with Gasteiger partial charge in [0, 0.05) is 18.2 Å². The molecule has 0 unspecified atom stereocenters. The van der Waals surface area contributed by atoms with E-state index in [9.17, 15) is 4.39 Å². The summed E-state index contributed by atoms with van der Waals surface area (Å²) in [5.41, 5.74) is 8.09. The highest BCUT2D eigenvalue weighted by Crippen LogP contribution is 2.35. The summed E-state index contributed by atoms with van der Waals surface area (Å²) >= 11 is 0. The van der Waals surface area contributed by atoms with Gasteiger partial charge in [-0.2, -0.15) is 0 Å². The van der Waals surface area contributed by atoms with Crippen molar-refractivity contribution in [2.45, 2.75) is 13.5 Å². The number of nitrogen functional groups attached to an aromatic ring is 1. The highest BCUT2D eigenvalue weighted by Gasteiger charge is 2.13. The Balaban J connectivity index is 2.42. The molecule has 0 aliphatic rings. The van der Waals surface area contributed by atoms with Crippen molar-refractivity contribution in [1.82, 2.24) is 4.90 Å². The molecule has 0 spiro atoms. The van der Waals surface area contributed by atoms with E-state index in [1.807, 2.05) is 44.1 Å². The first-order valence-corrected chi connectivity index (χ1v) is 6.80. The van der Waals surface area contributed by atoms with Crippen molar-refractivity contribution in [3.05, 3.63) is 58.7 Å². The van der Waals surface area contributed by atoms with Gasteiger partial charge >= 0.3 is 0 Å². The van der Waals surface area contributed by atoms with Gasteiger partial charge in [-0.25, -0.2) is 9.24 Å². The first-order valence-electron chi connectivity index (χ1n) is 6.80. The second-order valence-electron chi connectivity index (χ2n) is 5.34. The van der Waals surface area contributed by atoms with Crippen LogP contribution in [-0.2, 0) is 6.54 Å². The predicted octanol–water partition coefficient (Wildman–Crippen LogP) is 4.12. The molecule has 0 radical (unpaired) electrons. The number of nitrogens with zero attached hydrogens (tertiary/aromatic N) is 2. The summed E-state index contributed by atoms with van der Waals surface area (Å²) < 4.78 is 19.6. The molecule has 0 aliphatic heterocycles. The van der Waals surface area contributed by atoms with Gasteiger partial charge in [0.15, 0.2) is 5.75 Å². The standard InChI is InChI=1S/C17H18FN3O/c1-11-6-5-7-16(12(11)10-21(3)4)22-17-8-13(18)15(20-2)9-14(17)19/h5-9H,10,19H2,1,3-4H3. The SMILES string of the molecule is [C-]#[N+]c1cc(N)c(Oc2cccc(C)c2CN(C)C)cc1F. The number of hydrogen-bond donors (Lipinski definition) is 1. The lowest BCUT2D eigenvalue weighted by Crippen LogP contribution is -2.12. The number of ether oxygens (including phenoxy) is 1. The summed E-state index contributed by atoms with van der Waals surface area (Å²) in [7, 11) is 3.93. The van der Waals surface area contributed by atoms with Crippen molar-refractivity contribution in [1.29, 1.82) is 0 Å². The molecule has 0 bridgehead atoms. The smallest absolute Gasteiger partial charge is 0.224 e. The van der Waals surface area contributed by atoms with E-state index in [2.05, 4.69) is 4.85 Å². The fourth-order valence-electron chi connectivity index (χ4n) is 2.14. The molecule has 0 heterocycles. The van der Waals surface area contributed by atoms with Crippen LogP contribution in [-0.4, -0.2) is 19.0 Å². The second-order valence-corrected chi connectivity index (χ2v) is 5.34. The molecule has 5 heteroatoms. The average Bonchev–Trinajstić information content (AvgIpc) is 2.45. The number of aryl methyl sites for hydroxylation is 1. The Morgan fingerprint density at radius 3 is 2.64 bits per heavy atom. The molecule has 0 aliphatic carbocycles. The van der Waals surface area contributed by atoms with Crippen LogP contribution in [0.3, 0.4) is 0 Å². The maximum atomic E-state index is 13.8. The molecule has 2 rings (SSSR count). The number of hydrogen-bond acceptors (Lipinski definition) is 3. The third kappa shape index (κ3) is 3.35. The van der Waals surface area contributed by atoms with Crippen molar-refractivity contribution in [3.63, 3.8) is 0 Å². The van der Waals surface area contributed by atoms with Crippen LogP contribution in [0.5, 0.6) is 11.5 Å². The van der Waals surface area contributed by atoms with E-state index < -0.39 is 5.82 Å². The summed E-state index contributed by atoms with van der Waals surface area (Å²) in [6.07, 6.45) is 0. The maximum Gasteiger partial charge on any atom is 0.224 e. The Morgan fingerprint density at radius 1 is 1.27 bits per heavy atom. The molecule has 0 atom stereocenters. The van der Waals surface area contributed by atoms with Crippen molar-refractivity contribution in [2.24, 2.45) is 0 Å². The number of halogens is 1. The van der Waals surface area contributed by atoms with Gasteiger partial charge in [-0.15, -0.1) is 0 Å². The summed E-state index contributed by atoms with van der Waals surface area (Å²) in [5, 5.41) is 0. The summed E-state index contributed by atoms with van der Waals surface area (Å²) in [6, 6.07) is 8.15. The Bertz CT molecular complexity index is 735. The van der Waals surface area contributed by atoms with Crippen molar-refractivity contribution in [3.8, 4) is 11.5 Å². The fourth-order valence-corrected chi connectivity index (χ4v) is 2.14. The largest absolute Gasteiger partial charge is 0.455 e. The van der Waals surface area contributed by atoms with Crippen molar-refractivity contribution >= 4 is 11.4 Å². The van der Waals surface area contributed by atoms with E-state index in [-0.39, 0.29) is 17.1 Å². The van der Waals surface area contributed by atoms with Gasteiger partial charge < -0.3 is 15.4 Å². The van der Waals surface area contributed by atoms with Crippen LogP contribution in [0.4, 0.5) is 15.8 Å². The summed E-state index contributed by atoms with van der Waals surface area (Å²) in [6.45, 7) is 9.59. The number of benzene rings is 2. The zero-order valence-corrected chi connectivity index (χ0v) is 12.9. The Morgan fingerprint density at radius 2 is 2.00 bits per heavy atom. The Labute approximate surface area is 129 Å². The lowest BCUT2D eigenvalue weighted by Gasteiger charge is -2.18. The van der Waals surface area contributed by atoms with Gasteiger partial charge in [-0.1, -0.05) is 12.1 Å². The Kier molecular flexibility index (Phi) is 4.64. The molecule has 2 aromatic carbocycles. The lowest BCUT2D eigenvalue weighted by atomic mass is 10.1. The maximum absolute atomic E-state index is 13.8. The number of nitrogens with two attached hydrogens (primary N) is 1. The molecule has 0 saturated carbocycles. The van der Waals surface area contributed by atoms with E-state index in [4.69, 9.17) is 17.0 Å². The van der Waals surface area contributed by atoms with Crippen molar-refractivity contribution < 1.29 is 9.13 Å². The quantitative estimate of drug-likeness (QED) is 0.682. The van der Waals surface area contributed by atoms with E-state index >= 15 is 0 Å². The zero-order valence-electron chi connectivity index (χ0n) is 12.9. The van der Waals surface area contributed by atoms with Crippen LogP contribution < -0.4 is 10.5 Å². The number of rotatable bonds is 4. The minimum Gasteiger partial charge on any atom is -0.455 e. The molecule has 4 nitrogen and oxygen atoms in total. The van der Waals surface area contributed by atoms with Gasteiger partial charge in [0.1, 0.15) is 11.6 Å². The van der Waals surface area contributed by atoms with Gasteiger partial charge in [0.2, 0.25) is 5.69 Å². The second kappa shape index (κ2) is 6.46. The summed E-state index contributed by atoms with van der Waals surface area (Å²) in [5.74, 6) is 0.215. The summed E-state index contributed by atoms with van der Waals surface area (Å²) in [4.78, 5) is 5.11. The highest BCUT2D eigenvalue weighted by molar-refractivity contribution is 5.64. The van der Waals surface area contributed by atoms with Gasteiger partial charge in [0.25, 0.3) is 0 Å². The minimum atomic E-state index is -0.638. The third-order valence-electron chi connectivity index (χ3n) is 3.26. The van der Waals surface area contributed by atoms with Crippen LogP contribution >= 0.6 is 0 Å². The van der Waals surface area contributed by atoms with Crippen LogP contribution in [0.25, 0.3) is 4.85 Å². The average molecular weight is 299 g/mol. The van der Waals surface area contributed by atoms with Crippen LogP contribution in [0.2, 0.25) is 0 Å². The number of anilines is 1. The minimum absolute atomic E-state index is 0.109. The van der Waals surface area contributed by atoms with E-state index in [1.54, 1.807) is 0 Å². The molecule has 0 saturated heterocycles. The first-order chi connectivity index (χ1) is 10.4. The van der Waals surface area contributed by atoms with E-state index in [0.29, 0.717) is 12.3 Å². The van der Waals surface area contributed by atoms with Crippen LogP contribution in [0, 0.1) is 19.3 Å². The van der Waals surface area contributed by atoms with Gasteiger partial charge in [-0.05, 0) is 38.7 Å². The molecule has 0 aromatic heterocycles. The van der Waals surface area contributed by atoms with E-state index in [0.717, 1.165) is 17.2 Å². The normalized spacial score (nSPS) is 10.5. The molecule has 114 valence electrons. The molecule has 2 aromatic rings. The van der Waals surface area contributed by atoms with Gasteiger partial charge in [-0.3, -0.25) is 0 Å². The van der Waals surface area contributed by atoms with Crippen molar-refractivity contribution in [2.75, 3.05) is 19.8 Å². The highest BCUT2D eigenvalue weighted by atomic mass is 19.1. The molecule has 0 amide bonds. The zero-order chi connectivity index (χ0) is 16.3. The van der Waals surface area contributed by atoms with Crippen LogP contribution in [0.1, 0.15) is 11.1 Å². The monoisotopic (exact) mass is 299 g/mol. The lowest BCUT2D eigenvalue weighted by molar-refractivity contribution is 0.387. The fraction of sp³-hybridized carbons (Fsp3) is 0.235. The van der Waals surface area contributed by atoms with Gasteiger partial charge in [0.05, 0.1) is 12.3 Å². The first kappa shape index (κ1) is 15.8. The molecule has 0 fully saturated rings.